The first-order chi connectivity index (χ1) is 15.2. The lowest BCUT2D eigenvalue weighted by atomic mass is 10.1. The molecule has 9 nitrogen and oxygen atoms in total. The number of hydrogen-bond donors (Lipinski definition) is 1. The van der Waals surface area contributed by atoms with Crippen LogP contribution in [0.2, 0.25) is 5.02 Å². The summed E-state index contributed by atoms with van der Waals surface area (Å²) in [5.41, 5.74) is 2.16. The van der Waals surface area contributed by atoms with Gasteiger partial charge in [0, 0.05) is 22.6 Å². The quantitative estimate of drug-likeness (QED) is 0.382. The first-order valence-electron chi connectivity index (χ1n) is 9.14. The number of carbonyl (C=O) groups is 2. The predicted molar refractivity (Wildman–Crippen MR) is 113 cm³/mol. The minimum absolute atomic E-state index is 0.103. The van der Waals surface area contributed by atoms with Crippen LogP contribution in [0.3, 0.4) is 0 Å². The van der Waals surface area contributed by atoms with Crippen molar-refractivity contribution in [3.05, 3.63) is 40.2 Å². The van der Waals surface area contributed by atoms with Crippen molar-refractivity contribution in [2.75, 3.05) is 18.2 Å². The summed E-state index contributed by atoms with van der Waals surface area (Å²) >= 11 is 7.22. The Hall–Kier alpha value is -2.99. The van der Waals surface area contributed by atoms with Crippen molar-refractivity contribution < 1.29 is 27.8 Å². The van der Waals surface area contributed by atoms with Crippen LogP contribution in [0.1, 0.15) is 17.0 Å². The molecular weight excluding hydrogens is 468 g/mol. The van der Waals surface area contributed by atoms with Gasteiger partial charge in [-0.05, 0) is 38.3 Å². The van der Waals surface area contributed by atoms with E-state index in [2.05, 4.69) is 25.1 Å². The maximum atomic E-state index is 12.3. The molecule has 2 aromatic heterocycles. The fourth-order valence-corrected chi connectivity index (χ4v) is 3.40. The molecule has 170 valence electrons. The van der Waals surface area contributed by atoms with E-state index in [1.54, 1.807) is 18.4 Å². The van der Waals surface area contributed by atoms with Gasteiger partial charge in [0.05, 0.1) is 11.4 Å². The van der Waals surface area contributed by atoms with E-state index < -0.39 is 25.1 Å². The fourth-order valence-electron chi connectivity index (χ4n) is 2.84. The Kier molecular flexibility index (Phi) is 7.46. The van der Waals surface area contributed by atoms with Gasteiger partial charge in [-0.15, -0.1) is 5.10 Å². The zero-order chi connectivity index (χ0) is 23.4. The van der Waals surface area contributed by atoms with Gasteiger partial charge >= 0.3 is 12.6 Å². The number of hydrogen-bond acceptors (Lipinski definition) is 8. The normalized spacial score (nSPS) is 11.1. The molecule has 2 heterocycles. The molecule has 3 aromatic rings. The largest absolute Gasteiger partial charge is 0.455 e. The summed E-state index contributed by atoms with van der Waals surface area (Å²) < 4.78 is 35.4. The van der Waals surface area contributed by atoms with E-state index in [0.29, 0.717) is 27.9 Å². The summed E-state index contributed by atoms with van der Waals surface area (Å²) in [6, 6.07) is 3.77. The van der Waals surface area contributed by atoms with E-state index in [9.17, 15) is 18.4 Å². The van der Waals surface area contributed by atoms with Crippen molar-refractivity contribution in [1.82, 2.24) is 19.6 Å². The number of rotatable bonds is 8. The van der Waals surface area contributed by atoms with Gasteiger partial charge in [-0.1, -0.05) is 23.4 Å². The van der Waals surface area contributed by atoms with Crippen LogP contribution in [-0.4, -0.2) is 50.9 Å². The number of esters is 1. The number of nitrogens with zero attached hydrogens (tertiary/aromatic N) is 4. The molecule has 0 aliphatic carbocycles. The van der Waals surface area contributed by atoms with Crippen molar-refractivity contribution in [3.63, 3.8) is 0 Å². The maximum Gasteiger partial charge on any atom is 0.387 e. The van der Waals surface area contributed by atoms with E-state index in [1.165, 1.54) is 30.0 Å². The lowest BCUT2D eigenvalue weighted by Gasteiger charge is -2.11. The summed E-state index contributed by atoms with van der Waals surface area (Å²) in [5, 5.41) is 7.23. The lowest BCUT2D eigenvalue weighted by Crippen LogP contribution is -2.22. The van der Waals surface area contributed by atoms with Crippen LogP contribution in [0.15, 0.2) is 23.4 Å². The fraction of sp³-hybridized carbons (Fsp3) is 0.316. The summed E-state index contributed by atoms with van der Waals surface area (Å²) in [7, 11) is 0. The zero-order valence-corrected chi connectivity index (χ0v) is 18.8. The summed E-state index contributed by atoms with van der Waals surface area (Å²) in [6.07, 6.45) is 1.74. The lowest BCUT2D eigenvalue weighted by molar-refractivity contribution is -0.146. The molecule has 0 aliphatic rings. The van der Waals surface area contributed by atoms with E-state index in [-0.39, 0.29) is 22.9 Å². The van der Waals surface area contributed by atoms with E-state index in [4.69, 9.17) is 16.3 Å². The van der Waals surface area contributed by atoms with E-state index >= 15 is 0 Å². The molecule has 0 radical (unpaired) electrons. The van der Waals surface area contributed by atoms with Crippen LogP contribution in [0.4, 0.5) is 14.5 Å². The molecule has 1 N–H and O–H groups in total. The molecular formula is C19H18ClF2N5O4S. The molecule has 32 heavy (non-hydrogen) atoms. The van der Waals surface area contributed by atoms with E-state index in [0.717, 1.165) is 0 Å². The number of aryl methyl sites for hydroxylation is 2. The predicted octanol–water partition coefficient (Wildman–Crippen LogP) is 3.44. The Balaban J connectivity index is 1.59. The van der Waals surface area contributed by atoms with Crippen LogP contribution < -0.4 is 10.1 Å². The Bertz CT molecular complexity index is 1170. The van der Waals surface area contributed by atoms with Crippen molar-refractivity contribution in [2.45, 2.75) is 32.0 Å². The number of anilines is 1. The van der Waals surface area contributed by atoms with Gasteiger partial charge in [0.2, 0.25) is 5.16 Å². The Morgan fingerprint density at radius 2 is 2.03 bits per heavy atom. The second-order valence-corrected chi connectivity index (χ2v) is 7.66. The highest BCUT2D eigenvalue weighted by molar-refractivity contribution is 7.98. The first-order valence-corrected chi connectivity index (χ1v) is 10.7. The monoisotopic (exact) mass is 485 g/mol. The molecule has 0 fully saturated rings. The van der Waals surface area contributed by atoms with Crippen LogP contribution in [0.5, 0.6) is 5.75 Å². The number of nitrogens with one attached hydrogen (secondary N) is 1. The number of thioether (sulfide) groups is 1. The minimum Gasteiger partial charge on any atom is -0.455 e. The SMILES string of the molecule is CSc1nc2nc(C)c(CC(=O)OCC(=O)Nc3ccc(OC(F)F)c(Cl)c3)c(C)n2n1. The standard InChI is InChI=1S/C19H18ClF2N5O4S/c1-9-12(10(2)27-18(23-9)25-19(26-27)32-3)7-16(29)30-8-15(28)24-11-4-5-14(13(20)6-11)31-17(21)22/h4-6,17H,7-8H2,1-3H3,(H,24,28). The molecule has 0 aliphatic heterocycles. The zero-order valence-electron chi connectivity index (χ0n) is 17.2. The topological polar surface area (TPSA) is 108 Å². The Morgan fingerprint density at radius 1 is 1.28 bits per heavy atom. The second-order valence-electron chi connectivity index (χ2n) is 6.48. The highest BCUT2D eigenvalue weighted by Gasteiger charge is 2.18. The molecule has 1 amide bonds. The smallest absolute Gasteiger partial charge is 0.387 e. The van der Waals surface area contributed by atoms with Crippen molar-refractivity contribution in [2.24, 2.45) is 0 Å². The highest BCUT2D eigenvalue weighted by Crippen LogP contribution is 2.29. The molecule has 0 unspecified atom stereocenters. The maximum absolute atomic E-state index is 12.3. The summed E-state index contributed by atoms with van der Waals surface area (Å²) in [5.74, 6) is -1.04. The first kappa shape index (κ1) is 23.7. The molecule has 3 rings (SSSR count). The van der Waals surface area contributed by atoms with Gasteiger partial charge < -0.3 is 14.8 Å². The Morgan fingerprint density at radius 3 is 2.69 bits per heavy atom. The van der Waals surface area contributed by atoms with Gasteiger partial charge in [0.15, 0.2) is 6.61 Å². The van der Waals surface area contributed by atoms with Crippen LogP contribution in [-0.2, 0) is 20.7 Å². The number of halogens is 3. The number of benzene rings is 1. The van der Waals surface area contributed by atoms with Crippen molar-refractivity contribution in [3.8, 4) is 5.75 Å². The van der Waals surface area contributed by atoms with Gasteiger partial charge in [0.25, 0.3) is 11.7 Å². The number of aromatic nitrogens is 4. The Labute approximate surface area is 190 Å². The number of fused-ring (bicyclic) bond motifs is 1. The third-order valence-corrected chi connectivity index (χ3v) is 5.16. The van der Waals surface area contributed by atoms with Gasteiger partial charge in [-0.25, -0.2) is 9.50 Å². The molecule has 0 spiro atoms. The van der Waals surface area contributed by atoms with Crippen LogP contribution in [0.25, 0.3) is 5.78 Å². The molecule has 0 saturated carbocycles. The van der Waals surface area contributed by atoms with E-state index in [1.807, 2.05) is 6.26 Å². The van der Waals surface area contributed by atoms with Crippen LogP contribution in [0, 0.1) is 13.8 Å². The molecule has 0 bridgehead atoms. The van der Waals surface area contributed by atoms with Crippen molar-refractivity contribution >= 4 is 46.7 Å². The summed E-state index contributed by atoms with van der Waals surface area (Å²) in [6.45, 7) is -0.0194. The highest BCUT2D eigenvalue weighted by atomic mass is 35.5. The molecule has 13 heteroatoms. The number of carbonyl (C=O) groups excluding carboxylic acids is 2. The number of ether oxygens (including phenoxy) is 2. The molecule has 0 atom stereocenters. The van der Waals surface area contributed by atoms with Gasteiger partial charge in [0.1, 0.15) is 5.75 Å². The third kappa shape index (κ3) is 5.62. The van der Waals surface area contributed by atoms with Crippen LogP contribution >= 0.6 is 23.4 Å². The second kappa shape index (κ2) is 10.1. The summed E-state index contributed by atoms with van der Waals surface area (Å²) in [4.78, 5) is 33.0. The molecule has 0 saturated heterocycles. The minimum atomic E-state index is -3.02. The van der Waals surface area contributed by atoms with Crippen molar-refractivity contribution in [1.29, 1.82) is 0 Å². The number of alkyl halides is 2. The third-order valence-electron chi connectivity index (χ3n) is 4.33. The average Bonchev–Trinajstić information content (AvgIpc) is 3.14. The molecule has 1 aromatic carbocycles. The number of amides is 1. The average molecular weight is 486 g/mol. The van der Waals surface area contributed by atoms with Gasteiger partial charge in [-0.3, -0.25) is 9.59 Å². The van der Waals surface area contributed by atoms with Gasteiger partial charge in [-0.2, -0.15) is 13.8 Å².